The molecule has 1 aliphatic rings. The van der Waals surface area contributed by atoms with Crippen molar-refractivity contribution in [1.29, 1.82) is 0 Å². The number of hydrogen-bond donors (Lipinski definition) is 1. The van der Waals surface area contributed by atoms with Crippen LogP contribution in [-0.4, -0.2) is 55.5 Å². The van der Waals surface area contributed by atoms with Crippen molar-refractivity contribution >= 4 is 5.91 Å². The summed E-state index contributed by atoms with van der Waals surface area (Å²) in [5.74, 6) is 1.01. The van der Waals surface area contributed by atoms with Crippen LogP contribution in [0.3, 0.4) is 0 Å². The minimum Gasteiger partial charge on any atom is -0.338 e. The third-order valence-electron chi connectivity index (χ3n) is 4.84. The van der Waals surface area contributed by atoms with E-state index in [2.05, 4.69) is 39.8 Å². The Morgan fingerprint density at radius 3 is 2.30 bits per heavy atom. The van der Waals surface area contributed by atoms with Crippen LogP contribution in [0.4, 0.5) is 0 Å². The highest BCUT2D eigenvalue weighted by Crippen LogP contribution is 2.39. The van der Waals surface area contributed by atoms with Crippen LogP contribution in [0, 0.1) is 11.3 Å². The third kappa shape index (κ3) is 3.95. The largest absolute Gasteiger partial charge is 0.338 e. The Balaban J connectivity index is 2.82. The zero-order chi connectivity index (χ0) is 15.3. The fraction of sp³-hybridized carbons (Fsp3) is 0.938. The van der Waals surface area contributed by atoms with Gasteiger partial charge in [-0.2, -0.15) is 0 Å². The van der Waals surface area contributed by atoms with Crippen molar-refractivity contribution in [3.05, 3.63) is 0 Å². The highest BCUT2D eigenvalue weighted by Gasteiger charge is 2.42. The minimum atomic E-state index is -0.302. The summed E-state index contributed by atoms with van der Waals surface area (Å²) in [4.78, 5) is 17.2. The average molecular weight is 283 g/mol. The molecule has 0 saturated heterocycles. The van der Waals surface area contributed by atoms with Crippen molar-refractivity contribution in [3.8, 4) is 0 Å². The third-order valence-corrected chi connectivity index (χ3v) is 4.84. The number of nitrogens with two attached hydrogens (primary N) is 1. The molecule has 1 unspecified atom stereocenters. The SMILES string of the molecule is CCN(C(=O)C1(CN)CCC(C)CC1)C(C)CN(C)C. The molecular weight excluding hydrogens is 250 g/mol. The smallest absolute Gasteiger partial charge is 0.230 e. The Kier molecular flexibility index (Phi) is 6.46. The Bertz CT molecular complexity index is 309. The van der Waals surface area contributed by atoms with Crippen LogP contribution in [0.15, 0.2) is 0 Å². The van der Waals surface area contributed by atoms with Gasteiger partial charge in [0.25, 0.3) is 0 Å². The van der Waals surface area contributed by atoms with Crippen LogP contribution in [0.25, 0.3) is 0 Å². The lowest BCUT2D eigenvalue weighted by Gasteiger charge is -2.42. The molecule has 0 spiro atoms. The second-order valence-corrected chi connectivity index (χ2v) is 6.87. The van der Waals surface area contributed by atoms with Gasteiger partial charge >= 0.3 is 0 Å². The van der Waals surface area contributed by atoms with Gasteiger partial charge in [-0.1, -0.05) is 6.92 Å². The maximum Gasteiger partial charge on any atom is 0.230 e. The average Bonchev–Trinajstić information content (AvgIpc) is 2.40. The van der Waals surface area contributed by atoms with Gasteiger partial charge in [0.05, 0.1) is 5.41 Å². The number of hydrogen-bond acceptors (Lipinski definition) is 3. The van der Waals surface area contributed by atoms with Crippen molar-refractivity contribution in [1.82, 2.24) is 9.80 Å². The molecule has 20 heavy (non-hydrogen) atoms. The molecule has 1 atom stereocenters. The summed E-state index contributed by atoms with van der Waals surface area (Å²) in [6, 6.07) is 0.241. The number of carbonyl (C=O) groups is 1. The number of carbonyl (C=O) groups excluding carboxylic acids is 1. The second-order valence-electron chi connectivity index (χ2n) is 6.87. The standard InChI is InChI=1S/C16H33N3O/c1-6-19(14(3)11-18(4)5)15(20)16(12-17)9-7-13(2)8-10-16/h13-14H,6-12,17H2,1-5H3. The van der Waals surface area contributed by atoms with Gasteiger partial charge in [0.1, 0.15) is 0 Å². The van der Waals surface area contributed by atoms with Crippen LogP contribution in [-0.2, 0) is 4.79 Å². The van der Waals surface area contributed by atoms with Crippen LogP contribution in [0.1, 0.15) is 46.5 Å². The highest BCUT2D eigenvalue weighted by atomic mass is 16.2. The molecule has 0 heterocycles. The molecule has 0 aromatic heterocycles. The first-order valence-corrected chi connectivity index (χ1v) is 8.02. The van der Waals surface area contributed by atoms with Crippen LogP contribution in [0.2, 0.25) is 0 Å². The molecule has 1 rings (SSSR count). The Hall–Kier alpha value is -0.610. The fourth-order valence-corrected chi connectivity index (χ4v) is 3.41. The van der Waals surface area contributed by atoms with E-state index < -0.39 is 0 Å². The van der Waals surface area contributed by atoms with E-state index in [0.29, 0.717) is 6.54 Å². The van der Waals surface area contributed by atoms with E-state index in [4.69, 9.17) is 5.73 Å². The number of rotatable bonds is 6. The van der Waals surface area contributed by atoms with Gasteiger partial charge in [-0.15, -0.1) is 0 Å². The summed E-state index contributed by atoms with van der Waals surface area (Å²) in [7, 11) is 4.10. The summed E-state index contributed by atoms with van der Waals surface area (Å²) in [6.07, 6.45) is 4.16. The van der Waals surface area contributed by atoms with Crippen molar-refractivity contribution in [2.45, 2.75) is 52.5 Å². The molecule has 1 saturated carbocycles. The molecule has 4 nitrogen and oxygen atoms in total. The summed E-state index contributed by atoms with van der Waals surface area (Å²) < 4.78 is 0. The maximum absolute atomic E-state index is 13.0. The zero-order valence-electron chi connectivity index (χ0n) is 14.0. The summed E-state index contributed by atoms with van der Waals surface area (Å²) in [6.45, 7) is 8.64. The molecule has 118 valence electrons. The second kappa shape index (κ2) is 7.41. The minimum absolute atomic E-state index is 0.241. The normalized spacial score (nSPS) is 28.4. The Morgan fingerprint density at radius 2 is 1.90 bits per heavy atom. The van der Waals surface area contributed by atoms with E-state index >= 15 is 0 Å². The van der Waals surface area contributed by atoms with Gasteiger partial charge in [-0.3, -0.25) is 4.79 Å². The summed E-state index contributed by atoms with van der Waals surface area (Å²) in [5.41, 5.74) is 5.72. The number of nitrogens with zero attached hydrogens (tertiary/aromatic N) is 2. The van der Waals surface area contributed by atoms with E-state index in [9.17, 15) is 4.79 Å². The quantitative estimate of drug-likeness (QED) is 0.810. The summed E-state index contributed by atoms with van der Waals surface area (Å²) in [5, 5.41) is 0. The van der Waals surface area contributed by atoms with Crippen LogP contribution >= 0.6 is 0 Å². The number of amides is 1. The van der Waals surface area contributed by atoms with Gasteiger partial charge in [0.2, 0.25) is 5.91 Å². The van der Waals surface area contributed by atoms with E-state index in [-0.39, 0.29) is 17.4 Å². The number of likely N-dealkylation sites (N-methyl/N-ethyl adjacent to an activating group) is 2. The first-order chi connectivity index (χ1) is 9.36. The van der Waals surface area contributed by atoms with Crippen LogP contribution < -0.4 is 5.73 Å². The first-order valence-electron chi connectivity index (χ1n) is 8.02. The lowest BCUT2D eigenvalue weighted by atomic mass is 9.70. The molecule has 4 heteroatoms. The van der Waals surface area contributed by atoms with E-state index in [1.165, 1.54) is 0 Å². The van der Waals surface area contributed by atoms with E-state index in [1.807, 2.05) is 4.90 Å². The first kappa shape index (κ1) is 17.4. The maximum atomic E-state index is 13.0. The van der Waals surface area contributed by atoms with Gasteiger partial charge in [-0.05, 0) is 59.5 Å². The molecule has 1 amide bonds. The lowest BCUT2D eigenvalue weighted by molar-refractivity contribution is -0.146. The zero-order valence-corrected chi connectivity index (χ0v) is 14.0. The van der Waals surface area contributed by atoms with Crippen LogP contribution in [0.5, 0.6) is 0 Å². The molecule has 0 radical (unpaired) electrons. The topological polar surface area (TPSA) is 49.6 Å². The lowest BCUT2D eigenvalue weighted by Crippen LogP contribution is -2.54. The van der Waals surface area contributed by atoms with Crippen molar-refractivity contribution in [2.75, 3.05) is 33.7 Å². The van der Waals surface area contributed by atoms with Crippen molar-refractivity contribution < 1.29 is 4.79 Å². The molecule has 0 aliphatic heterocycles. The molecule has 1 fully saturated rings. The molecule has 0 aromatic carbocycles. The van der Waals surface area contributed by atoms with Gasteiger partial charge in [0, 0.05) is 25.7 Å². The monoisotopic (exact) mass is 283 g/mol. The van der Waals surface area contributed by atoms with E-state index in [0.717, 1.165) is 44.7 Å². The molecular formula is C16H33N3O. The van der Waals surface area contributed by atoms with Crippen molar-refractivity contribution in [3.63, 3.8) is 0 Å². The fourth-order valence-electron chi connectivity index (χ4n) is 3.41. The predicted octanol–water partition coefficient (Wildman–Crippen LogP) is 1.94. The molecule has 2 N–H and O–H groups in total. The highest BCUT2D eigenvalue weighted by molar-refractivity contribution is 5.83. The van der Waals surface area contributed by atoms with Gasteiger partial charge in [-0.25, -0.2) is 0 Å². The van der Waals surface area contributed by atoms with E-state index in [1.54, 1.807) is 0 Å². The molecule has 0 aromatic rings. The van der Waals surface area contributed by atoms with Crippen molar-refractivity contribution in [2.24, 2.45) is 17.1 Å². The Labute approximate surface area is 124 Å². The van der Waals surface area contributed by atoms with Gasteiger partial charge < -0.3 is 15.5 Å². The Morgan fingerprint density at radius 1 is 1.35 bits per heavy atom. The predicted molar refractivity (Wildman–Crippen MR) is 84.5 cm³/mol. The van der Waals surface area contributed by atoms with Gasteiger partial charge in [0.15, 0.2) is 0 Å². The summed E-state index contributed by atoms with van der Waals surface area (Å²) >= 11 is 0. The molecule has 0 bridgehead atoms. The molecule has 1 aliphatic carbocycles.